The smallest absolute Gasteiger partial charge is 0.275 e. The molecule has 0 spiro atoms. The van der Waals surface area contributed by atoms with Crippen molar-refractivity contribution in [2.45, 2.75) is 13.3 Å². The number of carbonyl (C=O) groups is 2. The van der Waals surface area contributed by atoms with Gasteiger partial charge in [-0.3, -0.25) is 9.59 Å². The Labute approximate surface area is 149 Å². The van der Waals surface area contributed by atoms with Crippen LogP contribution >= 0.6 is 0 Å². The molecule has 132 valence electrons. The summed E-state index contributed by atoms with van der Waals surface area (Å²) in [6, 6.07) is 12.0. The molecular weight excluding hydrogens is 336 g/mol. The molecule has 0 saturated carbocycles. The van der Waals surface area contributed by atoms with E-state index >= 15 is 0 Å². The molecule has 0 atom stereocenters. The summed E-state index contributed by atoms with van der Waals surface area (Å²) in [4.78, 5) is 23.9. The number of phenols is 2. The number of carbonyl (C=O) groups excluding carboxylic acids is 2. The number of nitrogens with zero attached hydrogens (tertiary/aromatic N) is 2. The van der Waals surface area contributed by atoms with Crippen molar-refractivity contribution in [3.63, 3.8) is 0 Å². The summed E-state index contributed by atoms with van der Waals surface area (Å²) in [7, 11) is 0. The molecule has 2 amide bonds. The van der Waals surface area contributed by atoms with Crippen LogP contribution in [0.15, 0.2) is 47.6 Å². The number of aromatic hydroxyl groups is 2. The molecule has 2 aromatic rings. The second-order valence-corrected chi connectivity index (χ2v) is 5.41. The van der Waals surface area contributed by atoms with Crippen LogP contribution in [-0.2, 0) is 4.79 Å². The van der Waals surface area contributed by atoms with Gasteiger partial charge in [-0.25, -0.2) is 5.43 Å². The molecule has 8 nitrogen and oxygen atoms in total. The maximum Gasteiger partial charge on any atom is 0.275 e. The van der Waals surface area contributed by atoms with Crippen LogP contribution < -0.4 is 10.7 Å². The molecule has 26 heavy (non-hydrogen) atoms. The van der Waals surface area contributed by atoms with Gasteiger partial charge < -0.3 is 15.5 Å². The molecular formula is C18H16N4O4. The summed E-state index contributed by atoms with van der Waals surface area (Å²) in [6.45, 7) is 1.56. The van der Waals surface area contributed by atoms with E-state index < -0.39 is 5.91 Å². The Balaban J connectivity index is 1.93. The third-order valence-electron chi connectivity index (χ3n) is 3.27. The highest BCUT2D eigenvalue weighted by Gasteiger charge is 2.11. The van der Waals surface area contributed by atoms with Crippen molar-refractivity contribution in [1.29, 1.82) is 5.26 Å². The Bertz CT molecular complexity index is 916. The second-order valence-electron chi connectivity index (χ2n) is 5.41. The minimum Gasteiger partial charge on any atom is -0.508 e. The van der Waals surface area contributed by atoms with E-state index in [0.717, 1.165) is 6.07 Å². The fraction of sp³-hybridized carbons (Fsp3) is 0.111. The largest absolute Gasteiger partial charge is 0.508 e. The van der Waals surface area contributed by atoms with E-state index in [1.54, 1.807) is 31.2 Å². The Hall–Kier alpha value is -3.86. The monoisotopic (exact) mass is 352 g/mol. The number of benzene rings is 2. The molecule has 0 aliphatic carbocycles. The van der Waals surface area contributed by atoms with Gasteiger partial charge in [-0.1, -0.05) is 6.07 Å². The van der Waals surface area contributed by atoms with Crippen molar-refractivity contribution in [2.24, 2.45) is 5.10 Å². The molecule has 0 bridgehead atoms. The summed E-state index contributed by atoms with van der Waals surface area (Å²) in [5.74, 6) is -1.59. The third kappa shape index (κ3) is 5.07. The van der Waals surface area contributed by atoms with Crippen molar-refractivity contribution >= 4 is 23.2 Å². The van der Waals surface area contributed by atoms with Crippen LogP contribution in [0.3, 0.4) is 0 Å². The average molecular weight is 352 g/mol. The first-order valence-corrected chi connectivity index (χ1v) is 7.54. The summed E-state index contributed by atoms with van der Waals surface area (Å²) < 4.78 is 0. The lowest BCUT2D eigenvalue weighted by Gasteiger charge is -2.06. The van der Waals surface area contributed by atoms with Crippen LogP contribution in [-0.4, -0.2) is 27.7 Å². The zero-order chi connectivity index (χ0) is 19.1. The average Bonchev–Trinajstić information content (AvgIpc) is 2.59. The first-order chi connectivity index (χ1) is 12.4. The van der Waals surface area contributed by atoms with Gasteiger partial charge in [0.15, 0.2) is 0 Å². The summed E-state index contributed by atoms with van der Waals surface area (Å²) in [6.07, 6.45) is -0.0708. The molecule has 8 heteroatoms. The van der Waals surface area contributed by atoms with Gasteiger partial charge in [-0.2, -0.15) is 10.4 Å². The zero-order valence-corrected chi connectivity index (χ0v) is 13.9. The Morgan fingerprint density at radius 2 is 1.96 bits per heavy atom. The maximum atomic E-state index is 12.0. The van der Waals surface area contributed by atoms with E-state index in [9.17, 15) is 19.8 Å². The van der Waals surface area contributed by atoms with Crippen LogP contribution in [0.25, 0.3) is 0 Å². The number of hydrogen-bond donors (Lipinski definition) is 4. The predicted molar refractivity (Wildman–Crippen MR) is 94.8 cm³/mol. The molecule has 2 aromatic carbocycles. The van der Waals surface area contributed by atoms with Gasteiger partial charge in [-0.15, -0.1) is 0 Å². The lowest BCUT2D eigenvalue weighted by atomic mass is 10.2. The van der Waals surface area contributed by atoms with Crippen molar-refractivity contribution in [3.8, 4) is 17.6 Å². The van der Waals surface area contributed by atoms with E-state index in [2.05, 4.69) is 15.8 Å². The number of phenolic OH excluding ortho intramolecular Hbond substituents is 2. The normalized spacial score (nSPS) is 10.7. The van der Waals surface area contributed by atoms with Gasteiger partial charge in [0.1, 0.15) is 11.5 Å². The highest BCUT2D eigenvalue weighted by atomic mass is 16.3. The first kappa shape index (κ1) is 18.5. The van der Waals surface area contributed by atoms with Crippen molar-refractivity contribution in [1.82, 2.24) is 5.43 Å². The van der Waals surface area contributed by atoms with E-state index in [-0.39, 0.29) is 29.4 Å². The Morgan fingerprint density at radius 1 is 1.19 bits per heavy atom. The van der Waals surface area contributed by atoms with E-state index in [1.165, 1.54) is 12.1 Å². The summed E-state index contributed by atoms with van der Waals surface area (Å²) in [5, 5.41) is 34.1. The number of amides is 2. The van der Waals surface area contributed by atoms with Crippen LogP contribution in [0.1, 0.15) is 29.3 Å². The fourth-order valence-electron chi connectivity index (χ4n) is 2.06. The van der Waals surface area contributed by atoms with Gasteiger partial charge in [-0.05, 0) is 37.3 Å². The van der Waals surface area contributed by atoms with Gasteiger partial charge in [0, 0.05) is 17.5 Å². The fourth-order valence-corrected chi connectivity index (χ4v) is 2.06. The minimum absolute atomic E-state index is 0.0582. The number of anilines is 1. The Morgan fingerprint density at radius 3 is 2.65 bits per heavy atom. The molecule has 0 heterocycles. The molecule has 0 saturated heterocycles. The quantitative estimate of drug-likeness (QED) is 0.483. The molecule has 0 aliphatic heterocycles. The van der Waals surface area contributed by atoms with Gasteiger partial charge in [0.25, 0.3) is 5.91 Å². The predicted octanol–water partition coefficient (Wildman–Crippen LogP) is 2.10. The number of rotatable bonds is 5. The first-order valence-electron chi connectivity index (χ1n) is 7.54. The van der Waals surface area contributed by atoms with Crippen LogP contribution in [0.5, 0.6) is 11.5 Å². The molecule has 0 aliphatic rings. The highest BCUT2D eigenvalue weighted by Crippen LogP contribution is 2.22. The molecule has 0 aromatic heterocycles. The topological polar surface area (TPSA) is 135 Å². The molecule has 2 rings (SSSR count). The lowest BCUT2D eigenvalue weighted by molar-refractivity contribution is -0.115. The lowest BCUT2D eigenvalue weighted by Crippen LogP contribution is -2.21. The van der Waals surface area contributed by atoms with Gasteiger partial charge in [0.2, 0.25) is 5.91 Å². The highest BCUT2D eigenvalue weighted by molar-refractivity contribution is 6.06. The standard InChI is InChI=1S/C18H16N4O4/c1-11(7-17(25)20-13-4-2-3-12(8-13)10-19)21-22-18(26)15-6-5-14(23)9-16(15)24/h2-6,8-9,23-24H,7H2,1H3,(H,20,25)(H,22,26)/b21-11-. The van der Waals surface area contributed by atoms with Crippen molar-refractivity contribution < 1.29 is 19.8 Å². The number of nitrogens with one attached hydrogen (secondary N) is 2. The molecule has 0 unspecified atom stereocenters. The van der Waals surface area contributed by atoms with Gasteiger partial charge >= 0.3 is 0 Å². The number of nitriles is 1. The van der Waals surface area contributed by atoms with E-state index in [1.807, 2.05) is 6.07 Å². The van der Waals surface area contributed by atoms with Crippen LogP contribution in [0.2, 0.25) is 0 Å². The van der Waals surface area contributed by atoms with Crippen LogP contribution in [0, 0.1) is 11.3 Å². The summed E-state index contributed by atoms with van der Waals surface area (Å²) in [5.41, 5.74) is 3.42. The molecule has 4 N–H and O–H groups in total. The van der Waals surface area contributed by atoms with E-state index in [0.29, 0.717) is 17.0 Å². The second kappa shape index (κ2) is 8.30. The minimum atomic E-state index is -0.677. The summed E-state index contributed by atoms with van der Waals surface area (Å²) >= 11 is 0. The third-order valence-corrected chi connectivity index (χ3v) is 3.27. The molecule has 0 fully saturated rings. The van der Waals surface area contributed by atoms with Crippen molar-refractivity contribution in [2.75, 3.05) is 5.32 Å². The number of hydrazone groups is 1. The maximum absolute atomic E-state index is 12.0. The zero-order valence-electron chi connectivity index (χ0n) is 13.9. The molecule has 0 radical (unpaired) electrons. The number of hydrogen-bond acceptors (Lipinski definition) is 6. The SMILES string of the molecule is C/C(CC(=O)Nc1cccc(C#N)c1)=N/NC(=O)c1ccc(O)cc1O. The van der Waals surface area contributed by atoms with Gasteiger partial charge in [0.05, 0.1) is 23.6 Å². The van der Waals surface area contributed by atoms with E-state index in [4.69, 9.17) is 5.26 Å². The van der Waals surface area contributed by atoms with Crippen molar-refractivity contribution in [3.05, 3.63) is 53.6 Å². The van der Waals surface area contributed by atoms with Crippen LogP contribution in [0.4, 0.5) is 5.69 Å². The Kier molecular flexibility index (Phi) is 5.90.